The molecule has 7 heteroatoms. The minimum Gasteiger partial charge on any atom is -0.454 e. The van der Waals surface area contributed by atoms with Gasteiger partial charge in [-0.05, 0) is 43.4 Å². The van der Waals surface area contributed by atoms with E-state index in [0.717, 1.165) is 25.7 Å². The predicted molar refractivity (Wildman–Crippen MR) is 113 cm³/mol. The molecule has 6 nitrogen and oxygen atoms in total. The second-order valence-electron chi connectivity index (χ2n) is 8.16. The van der Waals surface area contributed by atoms with Gasteiger partial charge in [0, 0.05) is 26.2 Å². The minimum atomic E-state index is -0.431. The average Bonchev–Trinajstić information content (AvgIpc) is 3.42. The standard InChI is InChI=1S/C22H27N3O3.ClH/c1-25(2)20(26)18-10-9-17(28-18)14-23-21(27)22(12-15-6-4-3-5-7-15)13-16-8-11-19(22)24-16;/h3-7,9-10,16,19,24H,8,11-14H2,1-2H3,(H,23,27);1H/t16-,19+,22+;/m0./s1. The van der Waals surface area contributed by atoms with E-state index in [1.807, 2.05) is 18.2 Å². The van der Waals surface area contributed by atoms with Gasteiger partial charge in [-0.15, -0.1) is 12.4 Å². The van der Waals surface area contributed by atoms with E-state index in [9.17, 15) is 9.59 Å². The molecule has 2 N–H and O–H groups in total. The topological polar surface area (TPSA) is 74.6 Å². The first-order valence-corrected chi connectivity index (χ1v) is 9.86. The number of rotatable bonds is 6. The molecule has 2 fully saturated rings. The third kappa shape index (κ3) is 4.19. The summed E-state index contributed by atoms with van der Waals surface area (Å²) in [5.74, 6) is 0.753. The van der Waals surface area contributed by atoms with Crippen LogP contribution in [0.25, 0.3) is 0 Å². The molecular weight excluding hydrogens is 390 g/mol. The van der Waals surface area contributed by atoms with Crippen LogP contribution < -0.4 is 10.6 Å². The van der Waals surface area contributed by atoms with E-state index in [1.54, 1.807) is 26.2 Å². The van der Waals surface area contributed by atoms with Gasteiger partial charge in [-0.2, -0.15) is 0 Å². The molecule has 156 valence electrons. The Kier molecular flexibility index (Phi) is 6.34. The summed E-state index contributed by atoms with van der Waals surface area (Å²) in [6.45, 7) is 0.285. The summed E-state index contributed by atoms with van der Waals surface area (Å²) in [4.78, 5) is 26.8. The van der Waals surface area contributed by atoms with Crippen molar-refractivity contribution in [3.63, 3.8) is 0 Å². The van der Waals surface area contributed by atoms with Crippen LogP contribution in [0.5, 0.6) is 0 Å². The van der Waals surface area contributed by atoms with Crippen molar-refractivity contribution in [1.82, 2.24) is 15.5 Å². The fourth-order valence-electron chi connectivity index (χ4n) is 4.64. The van der Waals surface area contributed by atoms with Gasteiger partial charge in [-0.1, -0.05) is 30.3 Å². The lowest BCUT2D eigenvalue weighted by molar-refractivity contribution is -0.132. The number of nitrogens with zero attached hydrogens (tertiary/aromatic N) is 1. The molecule has 1 aromatic heterocycles. The molecule has 29 heavy (non-hydrogen) atoms. The van der Waals surface area contributed by atoms with Crippen molar-refractivity contribution in [1.29, 1.82) is 0 Å². The molecule has 2 saturated heterocycles. The second-order valence-corrected chi connectivity index (χ2v) is 8.16. The zero-order valence-electron chi connectivity index (χ0n) is 16.8. The van der Waals surface area contributed by atoms with E-state index in [-0.39, 0.29) is 42.6 Å². The molecule has 3 heterocycles. The molecule has 2 amide bonds. The van der Waals surface area contributed by atoms with Gasteiger partial charge in [0.25, 0.3) is 5.91 Å². The first-order chi connectivity index (χ1) is 13.5. The largest absolute Gasteiger partial charge is 0.454 e. The quantitative estimate of drug-likeness (QED) is 0.757. The Morgan fingerprint density at radius 2 is 1.93 bits per heavy atom. The van der Waals surface area contributed by atoms with Crippen molar-refractivity contribution in [2.45, 2.75) is 44.3 Å². The molecule has 3 atom stereocenters. The Morgan fingerprint density at radius 3 is 2.55 bits per heavy atom. The van der Waals surface area contributed by atoms with Crippen molar-refractivity contribution in [3.05, 3.63) is 59.5 Å². The maximum atomic E-state index is 13.3. The molecule has 2 aliphatic heterocycles. The van der Waals surface area contributed by atoms with Gasteiger partial charge >= 0.3 is 0 Å². The summed E-state index contributed by atoms with van der Waals surface area (Å²) in [6, 6.07) is 14.3. The van der Waals surface area contributed by atoms with E-state index >= 15 is 0 Å². The lowest BCUT2D eigenvalue weighted by atomic mass is 9.69. The predicted octanol–water partition coefficient (Wildman–Crippen LogP) is 2.77. The number of carbonyl (C=O) groups excluding carboxylic acids is 2. The molecule has 4 rings (SSSR count). The number of halogens is 1. The van der Waals surface area contributed by atoms with Crippen molar-refractivity contribution < 1.29 is 14.0 Å². The first-order valence-electron chi connectivity index (χ1n) is 9.86. The highest BCUT2D eigenvalue weighted by atomic mass is 35.5. The number of hydrogen-bond donors (Lipinski definition) is 2. The lowest BCUT2D eigenvalue weighted by Crippen LogP contribution is -2.49. The van der Waals surface area contributed by atoms with Gasteiger partial charge in [-0.3, -0.25) is 9.59 Å². The summed E-state index contributed by atoms with van der Waals surface area (Å²) < 4.78 is 5.61. The third-order valence-electron chi connectivity index (χ3n) is 6.03. The zero-order valence-corrected chi connectivity index (χ0v) is 17.6. The Morgan fingerprint density at radius 1 is 1.17 bits per heavy atom. The molecular formula is C22H28ClN3O3. The van der Waals surface area contributed by atoms with E-state index in [4.69, 9.17) is 4.42 Å². The van der Waals surface area contributed by atoms with Gasteiger partial charge in [0.15, 0.2) is 5.76 Å². The van der Waals surface area contributed by atoms with Crippen LogP contribution in [0, 0.1) is 5.41 Å². The van der Waals surface area contributed by atoms with Gasteiger partial charge < -0.3 is 20.0 Å². The summed E-state index contributed by atoms with van der Waals surface area (Å²) in [7, 11) is 3.36. The van der Waals surface area contributed by atoms with Gasteiger partial charge in [0.05, 0.1) is 12.0 Å². The van der Waals surface area contributed by atoms with Crippen LogP contribution in [0.15, 0.2) is 46.9 Å². The second kappa shape index (κ2) is 8.59. The number of benzene rings is 1. The average molecular weight is 418 g/mol. The summed E-state index contributed by atoms with van der Waals surface area (Å²) in [5, 5.41) is 6.69. The van der Waals surface area contributed by atoms with E-state index in [0.29, 0.717) is 11.8 Å². The fourth-order valence-corrected chi connectivity index (χ4v) is 4.64. The summed E-state index contributed by atoms with van der Waals surface area (Å²) in [5.41, 5.74) is 0.753. The monoisotopic (exact) mass is 417 g/mol. The highest BCUT2D eigenvalue weighted by Gasteiger charge is 2.55. The highest BCUT2D eigenvalue weighted by Crippen LogP contribution is 2.46. The number of furan rings is 1. The molecule has 0 spiro atoms. The molecule has 1 aromatic carbocycles. The van der Waals surface area contributed by atoms with Gasteiger partial charge in [-0.25, -0.2) is 0 Å². The number of fused-ring (bicyclic) bond motifs is 2. The van der Waals surface area contributed by atoms with Crippen LogP contribution >= 0.6 is 12.4 Å². The van der Waals surface area contributed by atoms with Crippen LogP contribution in [0.2, 0.25) is 0 Å². The number of amides is 2. The smallest absolute Gasteiger partial charge is 0.289 e. The van der Waals surface area contributed by atoms with Gasteiger partial charge in [0.2, 0.25) is 5.91 Å². The Balaban J connectivity index is 0.00000240. The zero-order chi connectivity index (χ0) is 19.7. The molecule has 0 aliphatic carbocycles. The maximum Gasteiger partial charge on any atom is 0.289 e. The highest BCUT2D eigenvalue weighted by molar-refractivity contribution is 5.91. The van der Waals surface area contributed by atoms with Crippen molar-refractivity contribution >= 4 is 24.2 Å². The molecule has 2 bridgehead atoms. The van der Waals surface area contributed by atoms with Crippen LogP contribution in [0.1, 0.15) is 41.1 Å². The summed E-state index contributed by atoms with van der Waals surface area (Å²) >= 11 is 0. The number of nitrogens with one attached hydrogen (secondary N) is 2. The lowest BCUT2D eigenvalue weighted by Gasteiger charge is -2.35. The minimum absolute atomic E-state index is 0. The van der Waals surface area contributed by atoms with Crippen molar-refractivity contribution in [3.8, 4) is 0 Å². The fraction of sp³-hybridized carbons (Fsp3) is 0.455. The SMILES string of the molecule is CN(C)C(=O)c1ccc(CNC(=O)[C@]2(Cc3ccccc3)C[C@@H]3CC[C@H]2N3)o1.Cl. The van der Waals surface area contributed by atoms with Crippen molar-refractivity contribution in [2.75, 3.05) is 14.1 Å². The third-order valence-corrected chi connectivity index (χ3v) is 6.03. The molecule has 0 radical (unpaired) electrons. The molecule has 0 unspecified atom stereocenters. The van der Waals surface area contributed by atoms with Crippen LogP contribution in [-0.4, -0.2) is 42.9 Å². The van der Waals surface area contributed by atoms with Crippen LogP contribution in [0.4, 0.5) is 0 Å². The van der Waals surface area contributed by atoms with E-state index < -0.39 is 5.41 Å². The number of carbonyl (C=O) groups is 2. The van der Waals surface area contributed by atoms with E-state index in [2.05, 4.69) is 22.8 Å². The Labute approximate surface area is 177 Å². The Bertz CT molecular complexity index is 867. The molecule has 0 saturated carbocycles. The van der Waals surface area contributed by atoms with E-state index in [1.165, 1.54) is 10.5 Å². The first kappa shape index (κ1) is 21.4. The van der Waals surface area contributed by atoms with Crippen molar-refractivity contribution in [2.24, 2.45) is 5.41 Å². The van der Waals surface area contributed by atoms with Crippen LogP contribution in [0.3, 0.4) is 0 Å². The Hall–Kier alpha value is -2.31. The summed E-state index contributed by atoms with van der Waals surface area (Å²) in [6.07, 6.45) is 3.77. The van der Waals surface area contributed by atoms with Gasteiger partial charge in [0.1, 0.15) is 5.76 Å². The normalized spacial score (nSPS) is 24.8. The number of hydrogen-bond acceptors (Lipinski definition) is 4. The van der Waals surface area contributed by atoms with Crippen LogP contribution in [-0.2, 0) is 17.8 Å². The molecule has 2 aromatic rings. The molecule has 2 aliphatic rings. The maximum absolute atomic E-state index is 13.3.